The molecule has 0 amide bonds. The van der Waals surface area contributed by atoms with Crippen LogP contribution in [0, 0.1) is 19.3 Å². The minimum absolute atomic E-state index is 0.269. The van der Waals surface area contributed by atoms with Gasteiger partial charge in [0.15, 0.2) is 0 Å². The molecule has 1 aromatic rings. The molecular weight excluding hydrogens is 210 g/mol. The summed E-state index contributed by atoms with van der Waals surface area (Å²) in [6, 6.07) is 0.495. The molecule has 1 rings (SSSR count). The minimum Gasteiger partial charge on any atom is -0.313 e. The smallest absolute Gasteiger partial charge is 0.0628 e. The monoisotopic (exact) mass is 237 g/mol. The minimum atomic E-state index is 0.269. The Labute approximate surface area is 106 Å². The number of aromatic nitrogens is 2. The summed E-state index contributed by atoms with van der Waals surface area (Å²) in [5, 5.41) is 8.09. The largest absolute Gasteiger partial charge is 0.313 e. The van der Waals surface area contributed by atoms with Gasteiger partial charge in [0.05, 0.1) is 5.69 Å². The van der Waals surface area contributed by atoms with Gasteiger partial charge in [-0.15, -0.1) is 0 Å². The Hall–Kier alpha value is -0.830. The lowest BCUT2D eigenvalue weighted by molar-refractivity contribution is 0.269. The van der Waals surface area contributed by atoms with Crippen molar-refractivity contribution < 1.29 is 0 Å². The van der Waals surface area contributed by atoms with Gasteiger partial charge in [-0.05, 0) is 37.8 Å². The summed E-state index contributed by atoms with van der Waals surface area (Å²) in [6.07, 6.45) is 1.06. The van der Waals surface area contributed by atoms with Crippen molar-refractivity contribution in [3.63, 3.8) is 0 Å². The fraction of sp³-hybridized carbons (Fsp3) is 0.786. The zero-order valence-corrected chi connectivity index (χ0v) is 12.4. The Balaban J connectivity index is 2.94. The van der Waals surface area contributed by atoms with Gasteiger partial charge in [0.25, 0.3) is 0 Å². The third-order valence-electron chi connectivity index (χ3n) is 3.56. The SMILES string of the molecule is CCNC(Cc1c(C)nn(C)c1C)C(C)(C)C. The molecule has 0 bridgehead atoms. The molecule has 3 heteroatoms. The van der Waals surface area contributed by atoms with Gasteiger partial charge < -0.3 is 5.32 Å². The molecule has 0 saturated carbocycles. The topological polar surface area (TPSA) is 29.9 Å². The molecule has 1 N–H and O–H groups in total. The number of aryl methyl sites for hydroxylation is 2. The van der Waals surface area contributed by atoms with E-state index in [1.54, 1.807) is 0 Å². The number of nitrogens with zero attached hydrogens (tertiary/aromatic N) is 2. The molecule has 98 valence electrons. The van der Waals surface area contributed by atoms with Gasteiger partial charge in [-0.1, -0.05) is 27.7 Å². The van der Waals surface area contributed by atoms with Crippen LogP contribution in [0.1, 0.15) is 44.6 Å². The second-order valence-corrected chi connectivity index (χ2v) is 5.95. The van der Waals surface area contributed by atoms with Crippen molar-refractivity contribution in [3.8, 4) is 0 Å². The van der Waals surface area contributed by atoms with Gasteiger partial charge in [-0.25, -0.2) is 0 Å². The Kier molecular flexibility index (Phi) is 4.36. The van der Waals surface area contributed by atoms with Crippen LogP contribution in [-0.2, 0) is 13.5 Å². The van der Waals surface area contributed by atoms with E-state index in [0.29, 0.717) is 6.04 Å². The Morgan fingerprint density at radius 2 is 1.88 bits per heavy atom. The number of rotatable bonds is 4. The maximum absolute atomic E-state index is 4.49. The molecule has 1 heterocycles. The quantitative estimate of drug-likeness (QED) is 0.872. The third-order valence-corrected chi connectivity index (χ3v) is 3.56. The summed E-state index contributed by atoms with van der Waals surface area (Å²) in [5.74, 6) is 0. The fourth-order valence-electron chi connectivity index (χ4n) is 2.25. The molecular formula is C14H27N3. The highest BCUT2D eigenvalue weighted by atomic mass is 15.3. The van der Waals surface area contributed by atoms with Crippen molar-refractivity contribution in [2.24, 2.45) is 12.5 Å². The number of hydrogen-bond acceptors (Lipinski definition) is 2. The van der Waals surface area contributed by atoms with Crippen molar-refractivity contribution in [3.05, 3.63) is 17.0 Å². The summed E-state index contributed by atoms with van der Waals surface area (Å²) in [7, 11) is 2.02. The van der Waals surface area contributed by atoms with E-state index in [1.165, 1.54) is 11.3 Å². The molecule has 1 aromatic heterocycles. The Morgan fingerprint density at radius 3 is 2.24 bits per heavy atom. The van der Waals surface area contributed by atoms with Crippen molar-refractivity contribution in [2.75, 3.05) is 6.54 Å². The van der Waals surface area contributed by atoms with Crippen LogP contribution in [0.25, 0.3) is 0 Å². The predicted octanol–water partition coefficient (Wildman–Crippen LogP) is 2.60. The average molecular weight is 237 g/mol. The van der Waals surface area contributed by atoms with Crippen molar-refractivity contribution >= 4 is 0 Å². The standard InChI is InChI=1S/C14H27N3/c1-8-15-13(14(4,5)6)9-12-10(2)16-17(7)11(12)3/h13,15H,8-9H2,1-7H3. The summed E-state index contributed by atoms with van der Waals surface area (Å²) in [5.41, 5.74) is 4.12. The maximum Gasteiger partial charge on any atom is 0.0628 e. The molecule has 17 heavy (non-hydrogen) atoms. The molecule has 0 saturated heterocycles. The van der Waals surface area contributed by atoms with Crippen molar-refractivity contribution in [1.82, 2.24) is 15.1 Å². The summed E-state index contributed by atoms with van der Waals surface area (Å²) < 4.78 is 1.98. The summed E-state index contributed by atoms with van der Waals surface area (Å²) in [4.78, 5) is 0. The van der Waals surface area contributed by atoms with Gasteiger partial charge in [0.1, 0.15) is 0 Å². The van der Waals surface area contributed by atoms with E-state index in [-0.39, 0.29) is 5.41 Å². The van der Waals surface area contributed by atoms with Crippen molar-refractivity contribution in [1.29, 1.82) is 0 Å². The van der Waals surface area contributed by atoms with E-state index in [4.69, 9.17) is 0 Å². The average Bonchev–Trinajstić information content (AvgIpc) is 2.42. The van der Waals surface area contributed by atoms with E-state index in [2.05, 4.69) is 52.0 Å². The van der Waals surface area contributed by atoms with Crippen LogP contribution in [0.4, 0.5) is 0 Å². The molecule has 0 aromatic carbocycles. The summed E-state index contributed by atoms with van der Waals surface area (Å²) in [6.45, 7) is 14.3. The molecule has 0 fully saturated rings. The van der Waals surface area contributed by atoms with E-state index >= 15 is 0 Å². The van der Waals surface area contributed by atoms with Gasteiger partial charge in [0, 0.05) is 18.8 Å². The first-order valence-electron chi connectivity index (χ1n) is 6.49. The van der Waals surface area contributed by atoms with E-state index in [9.17, 15) is 0 Å². The summed E-state index contributed by atoms with van der Waals surface area (Å²) >= 11 is 0. The van der Waals surface area contributed by atoms with Crippen LogP contribution in [0.15, 0.2) is 0 Å². The number of hydrogen-bond donors (Lipinski definition) is 1. The first-order valence-corrected chi connectivity index (χ1v) is 6.49. The first kappa shape index (κ1) is 14.2. The normalized spacial score (nSPS) is 14.1. The highest BCUT2D eigenvalue weighted by molar-refractivity contribution is 5.25. The maximum atomic E-state index is 4.49. The molecule has 0 spiro atoms. The Morgan fingerprint density at radius 1 is 1.29 bits per heavy atom. The van der Waals surface area contributed by atoms with Crippen LogP contribution in [0.3, 0.4) is 0 Å². The Bertz CT molecular complexity index is 372. The molecule has 0 aliphatic rings. The van der Waals surface area contributed by atoms with Gasteiger partial charge >= 0.3 is 0 Å². The first-order chi connectivity index (χ1) is 7.77. The predicted molar refractivity (Wildman–Crippen MR) is 73.3 cm³/mol. The second-order valence-electron chi connectivity index (χ2n) is 5.95. The van der Waals surface area contributed by atoms with E-state index in [0.717, 1.165) is 18.7 Å². The van der Waals surface area contributed by atoms with Crippen LogP contribution in [-0.4, -0.2) is 22.4 Å². The molecule has 0 aliphatic carbocycles. The van der Waals surface area contributed by atoms with Gasteiger partial charge in [-0.3, -0.25) is 4.68 Å². The van der Waals surface area contributed by atoms with E-state index < -0.39 is 0 Å². The highest BCUT2D eigenvalue weighted by Crippen LogP contribution is 2.25. The number of nitrogens with one attached hydrogen (secondary N) is 1. The van der Waals surface area contributed by atoms with Crippen LogP contribution in [0.5, 0.6) is 0 Å². The molecule has 1 unspecified atom stereocenters. The van der Waals surface area contributed by atoms with Gasteiger partial charge in [0.2, 0.25) is 0 Å². The van der Waals surface area contributed by atoms with Crippen LogP contribution >= 0.6 is 0 Å². The lowest BCUT2D eigenvalue weighted by Gasteiger charge is -2.31. The molecule has 0 aliphatic heterocycles. The molecule has 0 radical (unpaired) electrons. The van der Waals surface area contributed by atoms with Gasteiger partial charge in [-0.2, -0.15) is 5.10 Å². The zero-order valence-electron chi connectivity index (χ0n) is 12.4. The lowest BCUT2D eigenvalue weighted by atomic mass is 9.82. The van der Waals surface area contributed by atoms with Crippen LogP contribution in [0.2, 0.25) is 0 Å². The third kappa shape index (κ3) is 3.32. The lowest BCUT2D eigenvalue weighted by Crippen LogP contribution is -2.42. The second kappa shape index (κ2) is 5.21. The molecule has 3 nitrogen and oxygen atoms in total. The fourth-order valence-corrected chi connectivity index (χ4v) is 2.25. The molecule has 1 atom stereocenters. The highest BCUT2D eigenvalue weighted by Gasteiger charge is 2.26. The zero-order chi connectivity index (χ0) is 13.2. The van der Waals surface area contributed by atoms with Crippen LogP contribution < -0.4 is 5.32 Å². The van der Waals surface area contributed by atoms with E-state index in [1.807, 2.05) is 11.7 Å². The number of likely N-dealkylation sites (N-methyl/N-ethyl adjacent to an activating group) is 1. The van der Waals surface area contributed by atoms with Crippen molar-refractivity contribution in [2.45, 2.75) is 54.0 Å².